The number of para-hydroxylation sites is 1. The fourth-order valence-electron chi connectivity index (χ4n) is 5.43. The number of hydrogen-bond acceptors (Lipinski definition) is 3. The predicted octanol–water partition coefficient (Wildman–Crippen LogP) is 3.48. The highest BCUT2D eigenvalue weighted by molar-refractivity contribution is 5.81. The largest absolute Gasteiger partial charge is 0.484 e. The number of hydrogen-bond donors (Lipinski definition) is 0. The Morgan fingerprint density at radius 3 is 2.50 bits per heavy atom. The van der Waals surface area contributed by atoms with Gasteiger partial charge in [0.2, 0.25) is 5.91 Å². The molecule has 0 N–H and O–H groups in total. The van der Waals surface area contributed by atoms with E-state index in [0.717, 1.165) is 12.8 Å². The third-order valence-electron chi connectivity index (χ3n) is 6.90. The lowest BCUT2D eigenvalue weighted by atomic mass is 9.84. The van der Waals surface area contributed by atoms with Crippen LogP contribution >= 0.6 is 0 Å². The van der Waals surface area contributed by atoms with E-state index < -0.39 is 0 Å². The highest BCUT2D eigenvalue weighted by atomic mass is 16.5. The first-order valence-corrected chi connectivity index (χ1v) is 10.9. The molecule has 3 unspecified atom stereocenters. The normalized spacial score (nSPS) is 28.1. The fraction of sp³-hybridized carbons (Fsp3) is 0.652. The summed E-state index contributed by atoms with van der Waals surface area (Å²) in [7, 11) is 0. The number of amides is 2. The van der Waals surface area contributed by atoms with Gasteiger partial charge in [0.1, 0.15) is 5.75 Å². The van der Waals surface area contributed by atoms with Crippen LogP contribution in [0.25, 0.3) is 0 Å². The summed E-state index contributed by atoms with van der Waals surface area (Å²) in [4.78, 5) is 29.8. The molecule has 0 bridgehead atoms. The van der Waals surface area contributed by atoms with E-state index in [9.17, 15) is 9.59 Å². The number of ether oxygens (including phenoxy) is 1. The first-order chi connectivity index (χ1) is 13.6. The zero-order chi connectivity index (χ0) is 19.5. The molecule has 3 fully saturated rings. The SMILES string of the molecule is CC1CC2CCCCC2N1C(=O)C1CCN(C(=O)COc2ccccc2)CC1. The Kier molecular flexibility index (Phi) is 5.88. The van der Waals surface area contributed by atoms with E-state index in [2.05, 4.69) is 11.8 Å². The highest BCUT2D eigenvalue weighted by Crippen LogP contribution is 2.40. The molecule has 152 valence electrons. The Balaban J connectivity index is 1.27. The molecule has 1 aromatic carbocycles. The minimum Gasteiger partial charge on any atom is -0.484 e. The average Bonchev–Trinajstić information content (AvgIpc) is 3.08. The molecule has 2 saturated heterocycles. The Hall–Kier alpha value is -2.04. The van der Waals surface area contributed by atoms with Gasteiger partial charge in [-0.05, 0) is 57.1 Å². The average molecular weight is 385 g/mol. The van der Waals surface area contributed by atoms with Crippen LogP contribution < -0.4 is 4.74 Å². The van der Waals surface area contributed by atoms with Crippen LogP contribution in [-0.2, 0) is 9.59 Å². The highest BCUT2D eigenvalue weighted by Gasteiger charge is 2.44. The minimum atomic E-state index is 0.0108. The first kappa shape index (κ1) is 19.3. The van der Waals surface area contributed by atoms with E-state index in [0.29, 0.717) is 42.7 Å². The van der Waals surface area contributed by atoms with Crippen molar-refractivity contribution >= 4 is 11.8 Å². The van der Waals surface area contributed by atoms with Gasteiger partial charge in [-0.1, -0.05) is 31.0 Å². The summed E-state index contributed by atoms with van der Waals surface area (Å²) in [6, 6.07) is 10.3. The Morgan fingerprint density at radius 1 is 1.04 bits per heavy atom. The van der Waals surface area contributed by atoms with Gasteiger partial charge < -0.3 is 14.5 Å². The number of fused-ring (bicyclic) bond motifs is 1. The zero-order valence-corrected chi connectivity index (χ0v) is 16.9. The third-order valence-corrected chi connectivity index (χ3v) is 6.90. The summed E-state index contributed by atoms with van der Waals surface area (Å²) in [6.07, 6.45) is 7.76. The van der Waals surface area contributed by atoms with Crippen molar-refractivity contribution in [2.24, 2.45) is 11.8 Å². The number of carbonyl (C=O) groups is 2. The second-order valence-electron chi connectivity index (χ2n) is 8.70. The van der Waals surface area contributed by atoms with Gasteiger partial charge in [-0.25, -0.2) is 0 Å². The summed E-state index contributed by atoms with van der Waals surface area (Å²) in [5.74, 6) is 1.85. The summed E-state index contributed by atoms with van der Waals surface area (Å²) in [6.45, 7) is 3.60. The van der Waals surface area contributed by atoms with Crippen molar-refractivity contribution in [3.63, 3.8) is 0 Å². The Bertz CT molecular complexity index is 684. The van der Waals surface area contributed by atoms with Crippen molar-refractivity contribution in [2.45, 2.75) is 64.0 Å². The number of piperidine rings is 1. The molecular formula is C23H32N2O3. The van der Waals surface area contributed by atoms with Crippen LogP contribution in [-0.4, -0.2) is 53.4 Å². The molecule has 3 aliphatic rings. The van der Waals surface area contributed by atoms with Crippen LogP contribution in [0.15, 0.2) is 30.3 Å². The molecule has 5 nitrogen and oxygen atoms in total. The van der Waals surface area contributed by atoms with Gasteiger partial charge in [0.05, 0.1) is 0 Å². The topological polar surface area (TPSA) is 49.9 Å². The molecular weight excluding hydrogens is 352 g/mol. The van der Waals surface area contributed by atoms with Crippen molar-refractivity contribution in [1.82, 2.24) is 9.80 Å². The molecule has 1 aromatic rings. The molecule has 0 aromatic heterocycles. The monoisotopic (exact) mass is 384 g/mol. The van der Waals surface area contributed by atoms with Crippen molar-refractivity contribution in [1.29, 1.82) is 0 Å². The maximum absolute atomic E-state index is 13.3. The van der Waals surface area contributed by atoms with Crippen LogP contribution in [0.1, 0.15) is 51.9 Å². The van der Waals surface area contributed by atoms with Gasteiger partial charge in [0, 0.05) is 31.1 Å². The van der Waals surface area contributed by atoms with Gasteiger partial charge in [0.15, 0.2) is 6.61 Å². The van der Waals surface area contributed by atoms with Crippen LogP contribution in [0.4, 0.5) is 0 Å². The maximum atomic E-state index is 13.3. The van der Waals surface area contributed by atoms with E-state index >= 15 is 0 Å². The summed E-state index contributed by atoms with van der Waals surface area (Å²) in [5, 5.41) is 0. The summed E-state index contributed by atoms with van der Waals surface area (Å²) < 4.78 is 5.58. The van der Waals surface area contributed by atoms with Crippen molar-refractivity contribution in [3.8, 4) is 5.75 Å². The lowest BCUT2D eigenvalue weighted by Crippen LogP contribution is -2.49. The lowest BCUT2D eigenvalue weighted by Gasteiger charge is -2.38. The quantitative estimate of drug-likeness (QED) is 0.799. The van der Waals surface area contributed by atoms with Gasteiger partial charge in [-0.3, -0.25) is 9.59 Å². The molecule has 1 saturated carbocycles. The van der Waals surface area contributed by atoms with Crippen LogP contribution in [0.2, 0.25) is 0 Å². The summed E-state index contributed by atoms with van der Waals surface area (Å²) >= 11 is 0. The molecule has 2 aliphatic heterocycles. The molecule has 1 aliphatic carbocycles. The van der Waals surface area contributed by atoms with Crippen LogP contribution in [0, 0.1) is 11.8 Å². The maximum Gasteiger partial charge on any atom is 0.260 e. The lowest BCUT2D eigenvalue weighted by molar-refractivity contribution is -0.144. The van der Waals surface area contributed by atoms with E-state index in [1.807, 2.05) is 35.2 Å². The molecule has 2 heterocycles. The first-order valence-electron chi connectivity index (χ1n) is 10.9. The van der Waals surface area contributed by atoms with E-state index in [-0.39, 0.29) is 18.4 Å². The molecule has 2 amide bonds. The van der Waals surface area contributed by atoms with Crippen LogP contribution in [0.5, 0.6) is 5.75 Å². The molecule has 0 radical (unpaired) electrons. The fourth-order valence-corrected chi connectivity index (χ4v) is 5.43. The van der Waals surface area contributed by atoms with Crippen molar-refractivity contribution in [3.05, 3.63) is 30.3 Å². The number of likely N-dealkylation sites (tertiary alicyclic amines) is 2. The third kappa shape index (κ3) is 4.03. The minimum absolute atomic E-state index is 0.0108. The Morgan fingerprint density at radius 2 is 1.75 bits per heavy atom. The Labute approximate surface area is 168 Å². The van der Waals surface area contributed by atoms with Crippen molar-refractivity contribution < 1.29 is 14.3 Å². The van der Waals surface area contributed by atoms with E-state index in [1.54, 1.807) is 0 Å². The number of carbonyl (C=O) groups excluding carboxylic acids is 2. The van der Waals surface area contributed by atoms with E-state index in [1.165, 1.54) is 32.1 Å². The van der Waals surface area contributed by atoms with Gasteiger partial charge >= 0.3 is 0 Å². The number of nitrogens with zero attached hydrogens (tertiary/aromatic N) is 2. The van der Waals surface area contributed by atoms with Gasteiger partial charge in [0.25, 0.3) is 5.91 Å². The second kappa shape index (κ2) is 8.54. The molecule has 28 heavy (non-hydrogen) atoms. The van der Waals surface area contributed by atoms with E-state index in [4.69, 9.17) is 4.74 Å². The zero-order valence-electron chi connectivity index (χ0n) is 16.9. The standard InChI is InChI=1S/C23H32N2O3/c1-17-15-19-7-5-6-10-21(19)25(17)23(27)18-11-13-24(14-12-18)22(26)16-28-20-8-3-2-4-9-20/h2-4,8-9,17-19,21H,5-7,10-16H2,1H3. The second-order valence-corrected chi connectivity index (χ2v) is 8.70. The molecule has 0 spiro atoms. The molecule has 5 heteroatoms. The predicted molar refractivity (Wildman–Crippen MR) is 108 cm³/mol. The molecule has 3 atom stereocenters. The van der Waals surface area contributed by atoms with Crippen LogP contribution in [0.3, 0.4) is 0 Å². The number of benzene rings is 1. The van der Waals surface area contributed by atoms with Gasteiger partial charge in [-0.2, -0.15) is 0 Å². The summed E-state index contributed by atoms with van der Waals surface area (Å²) in [5.41, 5.74) is 0. The van der Waals surface area contributed by atoms with Gasteiger partial charge in [-0.15, -0.1) is 0 Å². The smallest absolute Gasteiger partial charge is 0.260 e. The molecule has 4 rings (SSSR count). The van der Waals surface area contributed by atoms with Crippen molar-refractivity contribution in [2.75, 3.05) is 19.7 Å². The number of rotatable bonds is 4.